The van der Waals surface area contributed by atoms with Crippen molar-refractivity contribution in [2.24, 2.45) is 5.92 Å². The summed E-state index contributed by atoms with van der Waals surface area (Å²) < 4.78 is 11.8. The van der Waals surface area contributed by atoms with Gasteiger partial charge < -0.3 is 14.8 Å². The van der Waals surface area contributed by atoms with E-state index in [0.29, 0.717) is 18.2 Å². The van der Waals surface area contributed by atoms with E-state index in [1.165, 1.54) is 44.9 Å². The van der Waals surface area contributed by atoms with Gasteiger partial charge in [0.15, 0.2) is 0 Å². The zero-order chi connectivity index (χ0) is 13.5. The molecule has 4 unspecified atom stereocenters. The maximum absolute atomic E-state index is 6.10. The second kappa shape index (κ2) is 8.23. The standard InChI is InChI=1S/C16H31NO2/c1-3-14-7-4-5-8-16(14)19-12-10-17-13(2)15-9-6-11-18-15/h13-17H,3-12H2,1-2H3. The first-order valence-corrected chi connectivity index (χ1v) is 8.28. The van der Waals surface area contributed by atoms with Crippen LogP contribution in [0.15, 0.2) is 0 Å². The number of rotatable bonds is 7. The molecular weight excluding hydrogens is 238 g/mol. The van der Waals surface area contributed by atoms with Crippen molar-refractivity contribution in [2.75, 3.05) is 19.8 Å². The van der Waals surface area contributed by atoms with Crippen molar-refractivity contribution < 1.29 is 9.47 Å². The summed E-state index contributed by atoms with van der Waals surface area (Å²) in [6, 6.07) is 0.458. The fraction of sp³-hybridized carbons (Fsp3) is 1.00. The molecule has 112 valence electrons. The lowest BCUT2D eigenvalue weighted by Gasteiger charge is -2.31. The quantitative estimate of drug-likeness (QED) is 0.720. The van der Waals surface area contributed by atoms with Crippen LogP contribution < -0.4 is 5.32 Å². The van der Waals surface area contributed by atoms with E-state index in [1.807, 2.05) is 0 Å². The van der Waals surface area contributed by atoms with Gasteiger partial charge in [-0.1, -0.05) is 26.2 Å². The highest BCUT2D eigenvalue weighted by Gasteiger charge is 2.24. The van der Waals surface area contributed by atoms with Crippen LogP contribution in [0.1, 0.15) is 58.8 Å². The summed E-state index contributed by atoms with van der Waals surface area (Å²) in [6.07, 6.45) is 9.98. The maximum Gasteiger partial charge on any atom is 0.0726 e. The minimum atomic E-state index is 0.415. The lowest BCUT2D eigenvalue weighted by atomic mass is 9.85. The van der Waals surface area contributed by atoms with Crippen molar-refractivity contribution in [1.82, 2.24) is 5.32 Å². The lowest BCUT2D eigenvalue weighted by molar-refractivity contribution is -0.0125. The summed E-state index contributed by atoms with van der Waals surface area (Å²) in [5.74, 6) is 0.796. The molecule has 4 atom stereocenters. The first kappa shape index (κ1) is 15.3. The van der Waals surface area contributed by atoms with Gasteiger partial charge in [-0.2, -0.15) is 0 Å². The zero-order valence-corrected chi connectivity index (χ0v) is 12.7. The van der Waals surface area contributed by atoms with E-state index in [2.05, 4.69) is 19.2 Å². The minimum Gasteiger partial charge on any atom is -0.377 e. The molecule has 1 heterocycles. The van der Waals surface area contributed by atoms with Crippen molar-refractivity contribution in [3.8, 4) is 0 Å². The molecule has 0 bridgehead atoms. The van der Waals surface area contributed by atoms with Crippen LogP contribution >= 0.6 is 0 Å². The zero-order valence-electron chi connectivity index (χ0n) is 12.7. The Balaban J connectivity index is 1.57. The van der Waals surface area contributed by atoms with Crippen LogP contribution in [-0.4, -0.2) is 38.0 Å². The van der Waals surface area contributed by atoms with E-state index in [9.17, 15) is 0 Å². The molecule has 2 rings (SSSR count). The first-order chi connectivity index (χ1) is 9.31. The molecule has 19 heavy (non-hydrogen) atoms. The Kier molecular flexibility index (Phi) is 6.62. The van der Waals surface area contributed by atoms with Crippen LogP contribution in [-0.2, 0) is 9.47 Å². The van der Waals surface area contributed by atoms with Crippen molar-refractivity contribution in [2.45, 2.75) is 77.0 Å². The molecular formula is C16H31NO2. The van der Waals surface area contributed by atoms with Gasteiger partial charge >= 0.3 is 0 Å². The molecule has 2 aliphatic rings. The van der Waals surface area contributed by atoms with Crippen LogP contribution in [0.5, 0.6) is 0 Å². The summed E-state index contributed by atoms with van der Waals surface area (Å²) in [7, 11) is 0. The largest absolute Gasteiger partial charge is 0.377 e. The van der Waals surface area contributed by atoms with Gasteiger partial charge in [0, 0.05) is 19.2 Å². The Hall–Kier alpha value is -0.120. The normalized spacial score (nSPS) is 33.5. The van der Waals surface area contributed by atoms with Gasteiger partial charge in [-0.05, 0) is 38.5 Å². The van der Waals surface area contributed by atoms with Gasteiger partial charge in [-0.3, -0.25) is 0 Å². The van der Waals surface area contributed by atoms with Gasteiger partial charge in [-0.25, -0.2) is 0 Å². The Morgan fingerprint density at radius 3 is 2.79 bits per heavy atom. The third-order valence-corrected chi connectivity index (χ3v) is 4.79. The number of hydrogen-bond acceptors (Lipinski definition) is 3. The highest BCUT2D eigenvalue weighted by Crippen LogP contribution is 2.28. The minimum absolute atomic E-state index is 0.415. The molecule has 0 aromatic carbocycles. The summed E-state index contributed by atoms with van der Waals surface area (Å²) >= 11 is 0. The van der Waals surface area contributed by atoms with Crippen molar-refractivity contribution >= 4 is 0 Å². The molecule has 0 aromatic heterocycles. The van der Waals surface area contributed by atoms with Gasteiger partial charge in [0.05, 0.1) is 18.8 Å². The molecule has 0 radical (unpaired) electrons. The molecule has 3 nitrogen and oxygen atoms in total. The second-order valence-electron chi connectivity index (χ2n) is 6.16. The molecule has 1 saturated carbocycles. The highest BCUT2D eigenvalue weighted by molar-refractivity contribution is 4.77. The number of nitrogens with one attached hydrogen (secondary N) is 1. The second-order valence-corrected chi connectivity index (χ2v) is 6.16. The maximum atomic E-state index is 6.10. The van der Waals surface area contributed by atoms with Crippen LogP contribution in [0, 0.1) is 5.92 Å². The smallest absolute Gasteiger partial charge is 0.0726 e. The molecule has 0 aromatic rings. The topological polar surface area (TPSA) is 30.5 Å². The number of hydrogen-bond donors (Lipinski definition) is 1. The van der Waals surface area contributed by atoms with Gasteiger partial charge in [0.1, 0.15) is 0 Å². The Morgan fingerprint density at radius 1 is 1.21 bits per heavy atom. The third-order valence-electron chi connectivity index (χ3n) is 4.79. The molecule has 0 spiro atoms. The Labute approximate surface area is 118 Å². The van der Waals surface area contributed by atoms with Gasteiger partial charge in [-0.15, -0.1) is 0 Å². The third kappa shape index (κ3) is 4.73. The van der Waals surface area contributed by atoms with Crippen molar-refractivity contribution in [3.05, 3.63) is 0 Å². The van der Waals surface area contributed by atoms with Gasteiger partial charge in [0.2, 0.25) is 0 Å². The Bertz CT molecular complexity index is 241. The molecule has 1 aliphatic carbocycles. The average Bonchev–Trinajstić information content (AvgIpc) is 2.98. The van der Waals surface area contributed by atoms with E-state index in [4.69, 9.17) is 9.47 Å². The lowest BCUT2D eigenvalue weighted by Crippen LogP contribution is -2.39. The van der Waals surface area contributed by atoms with Crippen LogP contribution in [0.3, 0.4) is 0 Å². The monoisotopic (exact) mass is 269 g/mol. The van der Waals surface area contributed by atoms with Crippen molar-refractivity contribution in [1.29, 1.82) is 0 Å². The van der Waals surface area contributed by atoms with E-state index < -0.39 is 0 Å². The van der Waals surface area contributed by atoms with Crippen LogP contribution in [0.25, 0.3) is 0 Å². The van der Waals surface area contributed by atoms with Crippen LogP contribution in [0.2, 0.25) is 0 Å². The van der Waals surface area contributed by atoms with E-state index in [-0.39, 0.29) is 0 Å². The Morgan fingerprint density at radius 2 is 2.05 bits per heavy atom. The summed E-state index contributed by atoms with van der Waals surface area (Å²) in [5, 5.41) is 3.55. The molecule has 2 fully saturated rings. The average molecular weight is 269 g/mol. The van der Waals surface area contributed by atoms with E-state index in [0.717, 1.165) is 25.7 Å². The van der Waals surface area contributed by atoms with Crippen molar-refractivity contribution in [3.63, 3.8) is 0 Å². The molecule has 1 aliphatic heterocycles. The highest BCUT2D eigenvalue weighted by atomic mass is 16.5. The molecule has 0 amide bonds. The fourth-order valence-electron chi connectivity index (χ4n) is 3.49. The fourth-order valence-corrected chi connectivity index (χ4v) is 3.49. The molecule has 1 saturated heterocycles. The first-order valence-electron chi connectivity index (χ1n) is 8.28. The summed E-state index contributed by atoms with van der Waals surface area (Å²) in [6.45, 7) is 7.26. The predicted octanol–water partition coefficient (Wildman–Crippen LogP) is 3.13. The molecule has 1 N–H and O–H groups in total. The predicted molar refractivity (Wildman–Crippen MR) is 78.4 cm³/mol. The van der Waals surface area contributed by atoms with Gasteiger partial charge in [0.25, 0.3) is 0 Å². The van der Waals surface area contributed by atoms with E-state index >= 15 is 0 Å². The SMILES string of the molecule is CCC1CCCCC1OCCNC(C)C1CCCO1. The summed E-state index contributed by atoms with van der Waals surface area (Å²) in [4.78, 5) is 0. The molecule has 3 heteroatoms. The number of ether oxygens (including phenoxy) is 2. The van der Waals surface area contributed by atoms with Crippen LogP contribution in [0.4, 0.5) is 0 Å². The van der Waals surface area contributed by atoms with E-state index in [1.54, 1.807) is 0 Å². The summed E-state index contributed by atoms with van der Waals surface area (Å²) in [5.41, 5.74) is 0.